The van der Waals surface area contributed by atoms with Gasteiger partial charge in [-0.3, -0.25) is 14.6 Å². The van der Waals surface area contributed by atoms with Crippen molar-refractivity contribution in [1.29, 1.82) is 0 Å². The van der Waals surface area contributed by atoms with E-state index in [4.69, 9.17) is 23.2 Å². The van der Waals surface area contributed by atoms with Gasteiger partial charge in [0.15, 0.2) is 0 Å². The molecular weight excluding hydrogens is 699 g/mol. The van der Waals surface area contributed by atoms with Crippen molar-refractivity contribution in [1.82, 2.24) is 14.1 Å². The van der Waals surface area contributed by atoms with Crippen LogP contribution in [-0.4, -0.2) is 47.7 Å². The van der Waals surface area contributed by atoms with Crippen LogP contribution in [0.4, 0.5) is 8.78 Å². The van der Waals surface area contributed by atoms with Crippen molar-refractivity contribution in [3.8, 4) is 11.4 Å². The molecule has 2 aliphatic rings. The Morgan fingerprint density at radius 1 is 0.627 bits per heavy atom. The summed E-state index contributed by atoms with van der Waals surface area (Å²) < 4.78 is 31.8. The maximum atomic E-state index is 14.3. The summed E-state index contributed by atoms with van der Waals surface area (Å²) in [5.74, 6) is -3.11. The average Bonchev–Trinajstić information content (AvgIpc) is 3.64. The summed E-state index contributed by atoms with van der Waals surface area (Å²) in [5.41, 5.74) is 5.33. The van der Waals surface area contributed by atoms with E-state index in [2.05, 4.69) is 15.0 Å². The van der Waals surface area contributed by atoms with E-state index in [9.17, 15) is 28.6 Å². The average molecular weight is 727 g/mol. The van der Waals surface area contributed by atoms with E-state index in [1.165, 1.54) is 22.9 Å². The van der Waals surface area contributed by atoms with Crippen molar-refractivity contribution in [3.05, 3.63) is 170 Å². The Morgan fingerprint density at radius 2 is 1.14 bits per heavy atom. The lowest BCUT2D eigenvalue weighted by molar-refractivity contribution is 0.0673. The molecule has 4 aromatic carbocycles. The fraction of sp³-hybridized carbons (Fsp3) is 0.0789. The van der Waals surface area contributed by atoms with Gasteiger partial charge < -0.3 is 14.8 Å². The first-order chi connectivity index (χ1) is 24.1. The number of hydrogen-bond acceptors (Lipinski definition) is 5. The highest BCUT2D eigenvalue weighted by molar-refractivity contribution is 6.32. The number of benzene rings is 4. The van der Waals surface area contributed by atoms with Gasteiger partial charge in [0.05, 0.1) is 47.8 Å². The molecule has 0 amide bonds. The second kappa shape index (κ2) is 14.1. The number of nitrogens with zero attached hydrogens (tertiary/aromatic N) is 5. The molecule has 13 heteroatoms. The lowest BCUT2D eigenvalue weighted by Gasteiger charge is -2.14. The molecule has 2 N–H and O–H groups in total. The molecule has 8 rings (SSSR count). The summed E-state index contributed by atoms with van der Waals surface area (Å²) in [6.45, 7) is 0.416. The van der Waals surface area contributed by atoms with Gasteiger partial charge in [0.2, 0.25) is 5.82 Å². The van der Waals surface area contributed by atoms with Crippen LogP contribution in [0.3, 0.4) is 0 Å². The Bertz CT molecular complexity index is 2250. The second-order valence-electron chi connectivity index (χ2n) is 11.2. The van der Waals surface area contributed by atoms with Crippen LogP contribution in [0, 0.1) is 11.6 Å². The number of fused-ring (bicyclic) bond motifs is 6. The van der Waals surface area contributed by atoms with Crippen molar-refractivity contribution in [2.45, 2.75) is 20.5 Å². The Balaban J connectivity index is 0.000000172. The van der Waals surface area contributed by atoms with Gasteiger partial charge in [-0.15, -0.1) is 0 Å². The first kappa shape index (κ1) is 34.9. The molecule has 0 saturated carbocycles. The maximum Gasteiger partial charge on any atom is 0.372 e. The SMILES string of the molecule is C.O=C(O)c1ccc2n1-c1ccc(Cl)cc1C(c1ccccc1F)=NC2.O=C(O)c1ncc2n1-c1ccc(Cl)cc1C(c1ccccc1F)=NC2. The van der Waals surface area contributed by atoms with Gasteiger partial charge in [0.1, 0.15) is 17.3 Å². The standard InChI is InChI=1S/C19H12ClFN2O2.C18H11ClFN3O2.CH4/c20-11-5-7-16-14(9-11)18(13-3-1-2-4-15(13)21)22-10-12-6-8-17(19(24)25)23(12)16;19-10-5-6-15-13(7-10)16(12-3-1-2-4-14(12)20)21-8-11-9-22-17(18(24)25)23(11)15;/h1-9H,10H2,(H,24,25);1-7,9H,8H2,(H,24,25);1H4. The molecule has 9 nitrogen and oxygen atoms in total. The molecule has 0 unspecified atom stereocenters. The van der Waals surface area contributed by atoms with Crippen LogP contribution >= 0.6 is 23.2 Å². The van der Waals surface area contributed by atoms with E-state index in [1.54, 1.807) is 89.5 Å². The van der Waals surface area contributed by atoms with Gasteiger partial charge in [-0.2, -0.15) is 0 Å². The summed E-state index contributed by atoms with van der Waals surface area (Å²) in [6, 6.07) is 26.0. The predicted octanol–water partition coefficient (Wildman–Crippen LogP) is 8.67. The minimum atomic E-state index is -1.15. The third-order valence-corrected chi connectivity index (χ3v) is 8.64. The number of aliphatic imine (C=N–C) groups is 2. The highest BCUT2D eigenvalue weighted by Crippen LogP contribution is 2.32. The van der Waals surface area contributed by atoms with E-state index < -0.39 is 23.6 Å². The van der Waals surface area contributed by atoms with Crippen molar-refractivity contribution < 1.29 is 28.6 Å². The number of aromatic carboxylic acids is 2. The second-order valence-corrected chi connectivity index (χ2v) is 12.0. The van der Waals surface area contributed by atoms with Crippen LogP contribution in [0.5, 0.6) is 0 Å². The molecule has 6 aromatic rings. The van der Waals surface area contributed by atoms with Gasteiger partial charge in [-0.1, -0.05) is 54.9 Å². The summed E-state index contributed by atoms with van der Waals surface area (Å²) in [7, 11) is 0. The van der Waals surface area contributed by atoms with Gasteiger partial charge in [-0.05, 0) is 72.8 Å². The van der Waals surface area contributed by atoms with Crippen molar-refractivity contribution in [3.63, 3.8) is 0 Å². The molecule has 2 aromatic heterocycles. The fourth-order valence-electron chi connectivity index (χ4n) is 6.02. The van der Waals surface area contributed by atoms with E-state index in [0.29, 0.717) is 66.5 Å². The predicted molar refractivity (Wildman–Crippen MR) is 191 cm³/mol. The topological polar surface area (TPSA) is 122 Å². The van der Waals surface area contributed by atoms with E-state index in [1.807, 2.05) is 0 Å². The van der Waals surface area contributed by atoms with E-state index >= 15 is 0 Å². The molecule has 0 radical (unpaired) electrons. The Labute approximate surface area is 300 Å². The van der Waals surface area contributed by atoms with Crippen LogP contribution in [0.25, 0.3) is 11.4 Å². The van der Waals surface area contributed by atoms with Crippen LogP contribution in [-0.2, 0) is 13.1 Å². The molecule has 51 heavy (non-hydrogen) atoms. The van der Waals surface area contributed by atoms with Gasteiger partial charge >= 0.3 is 11.9 Å². The van der Waals surface area contributed by atoms with Crippen LogP contribution < -0.4 is 0 Å². The molecular formula is C38H27Cl2F2N5O4. The summed E-state index contributed by atoms with van der Waals surface area (Å²) >= 11 is 12.3. The smallest absolute Gasteiger partial charge is 0.372 e. The van der Waals surface area contributed by atoms with Crippen LogP contribution in [0.1, 0.15) is 62.2 Å². The molecule has 0 fully saturated rings. The zero-order chi connectivity index (χ0) is 35.1. The third kappa shape index (κ3) is 6.44. The first-order valence-corrected chi connectivity index (χ1v) is 15.8. The number of rotatable bonds is 4. The minimum Gasteiger partial charge on any atom is -0.477 e. The number of imidazole rings is 1. The van der Waals surface area contributed by atoms with Crippen LogP contribution in [0.2, 0.25) is 10.0 Å². The number of carbonyl (C=O) groups is 2. The first-order valence-electron chi connectivity index (χ1n) is 15.1. The summed E-state index contributed by atoms with van der Waals surface area (Å²) in [5, 5.41) is 19.8. The Kier molecular flexibility index (Phi) is 9.69. The molecule has 256 valence electrons. The van der Waals surface area contributed by atoms with Crippen molar-refractivity contribution >= 4 is 46.6 Å². The Hall–Kier alpha value is -5.91. The highest BCUT2D eigenvalue weighted by atomic mass is 35.5. The van der Waals surface area contributed by atoms with Crippen LogP contribution in [0.15, 0.2) is 113 Å². The largest absolute Gasteiger partial charge is 0.477 e. The Morgan fingerprint density at radius 3 is 1.65 bits per heavy atom. The fourth-order valence-corrected chi connectivity index (χ4v) is 6.36. The summed E-state index contributed by atoms with van der Waals surface area (Å²) in [6.07, 6.45) is 1.47. The molecule has 0 spiro atoms. The minimum absolute atomic E-state index is 0. The van der Waals surface area contributed by atoms with E-state index in [-0.39, 0.29) is 32.0 Å². The zero-order valence-electron chi connectivity index (χ0n) is 25.7. The van der Waals surface area contributed by atoms with Gasteiger partial charge in [0, 0.05) is 38.0 Å². The molecule has 0 atom stereocenters. The lowest BCUT2D eigenvalue weighted by atomic mass is 10.00. The number of carboxylic acids is 2. The molecule has 0 aliphatic carbocycles. The lowest BCUT2D eigenvalue weighted by Crippen LogP contribution is -2.13. The number of halogens is 4. The third-order valence-electron chi connectivity index (χ3n) is 8.17. The quantitative estimate of drug-likeness (QED) is 0.188. The monoisotopic (exact) mass is 725 g/mol. The zero-order valence-corrected chi connectivity index (χ0v) is 27.2. The molecule has 0 saturated heterocycles. The number of carboxylic acid groups (broad SMARTS) is 2. The number of aromatic nitrogens is 3. The van der Waals surface area contributed by atoms with Crippen molar-refractivity contribution in [2.24, 2.45) is 9.98 Å². The highest BCUT2D eigenvalue weighted by Gasteiger charge is 2.27. The van der Waals surface area contributed by atoms with Crippen molar-refractivity contribution in [2.75, 3.05) is 0 Å². The normalized spacial score (nSPS) is 12.5. The molecule has 2 aliphatic heterocycles. The molecule has 4 heterocycles. The summed E-state index contributed by atoms with van der Waals surface area (Å²) in [4.78, 5) is 36.1. The van der Waals surface area contributed by atoms with Gasteiger partial charge in [0.25, 0.3) is 0 Å². The van der Waals surface area contributed by atoms with E-state index in [0.717, 1.165) is 0 Å². The molecule has 0 bridgehead atoms. The van der Waals surface area contributed by atoms with Gasteiger partial charge in [-0.25, -0.2) is 23.4 Å². The number of hydrogen-bond donors (Lipinski definition) is 2. The maximum absolute atomic E-state index is 14.3.